The first-order chi connectivity index (χ1) is 8.68. The van der Waals surface area contributed by atoms with Crippen LogP contribution in [0.25, 0.3) is 0 Å². The Bertz CT molecular complexity index is 456. The molecule has 8 heteroatoms. The molecule has 0 aliphatic rings. The number of ether oxygens (including phenoxy) is 2. The van der Waals surface area contributed by atoms with Crippen molar-refractivity contribution in [3.63, 3.8) is 0 Å². The van der Waals surface area contributed by atoms with Gasteiger partial charge in [0.2, 0.25) is 0 Å². The van der Waals surface area contributed by atoms with Crippen LogP contribution in [0.5, 0.6) is 5.75 Å². The van der Waals surface area contributed by atoms with Crippen molar-refractivity contribution >= 4 is 5.97 Å². The monoisotopic (exact) mass is 284 g/mol. The van der Waals surface area contributed by atoms with Crippen molar-refractivity contribution in [2.75, 3.05) is 7.11 Å². The van der Waals surface area contributed by atoms with E-state index in [1.165, 1.54) is 31.4 Å². The van der Waals surface area contributed by atoms with Gasteiger partial charge in [0.1, 0.15) is 12.4 Å². The third kappa shape index (κ3) is 3.55. The maximum atomic E-state index is 12.5. The van der Waals surface area contributed by atoms with Gasteiger partial charge in [0.25, 0.3) is 0 Å². The van der Waals surface area contributed by atoms with Gasteiger partial charge in [-0.2, -0.15) is 22.0 Å². The topological polar surface area (TPSA) is 35.5 Å². The van der Waals surface area contributed by atoms with E-state index >= 15 is 0 Å². The molecule has 0 aromatic heterocycles. The molecule has 0 saturated carbocycles. The number of esters is 1. The average Bonchev–Trinajstić information content (AvgIpc) is 2.34. The molecule has 1 aromatic rings. The van der Waals surface area contributed by atoms with E-state index in [1.54, 1.807) is 0 Å². The van der Waals surface area contributed by atoms with Gasteiger partial charge >= 0.3 is 18.1 Å². The number of alkyl halides is 5. The Hall–Kier alpha value is -1.86. The molecule has 0 aliphatic heterocycles. The predicted molar refractivity (Wildman–Crippen MR) is 53.8 cm³/mol. The lowest BCUT2D eigenvalue weighted by atomic mass is 10.2. The summed E-state index contributed by atoms with van der Waals surface area (Å²) in [4.78, 5) is 10.7. The highest BCUT2D eigenvalue weighted by molar-refractivity contribution is 5.78. The molecule has 0 amide bonds. The lowest BCUT2D eigenvalue weighted by molar-refractivity contribution is -0.281. The minimum absolute atomic E-state index is 0.227. The zero-order chi connectivity index (χ0) is 14.7. The molecule has 106 valence electrons. The van der Waals surface area contributed by atoms with Crippen LogP contribution >= 0.6 is 0 Å². The number of methoxy groups -OCH3 is 1. The molecule has 1 rings (SSSR count). The summed E-state index contributed by atoms with van der Waals surface area (Å²) in [6, 6.07) is 5.75. The van der Waals surface area contributed by atoms with Crippen molar-refractivity contribution in [1.29, 1.82) is 0 Å². The molecule has 0 N–H and O–H groups in total. The molecular formula is C11H9F5O3. The summed E-state index contributed by atoms with van der Waals surface area (Å²) in [7, 11) is 1.35. The van der Waals surface area contributed by atoms with E-state index in [0.717, 1.165) is 0 Å². The van der Waals surface area contributed by atoms with Crippen molar-refractivity contribution in [3.8, 4) is 5.75 Å². The maximum absolute atomic E-state index is 12.5. The molecule has 0 saturated heterocycles. The highest BCUT2D eigenvalue weighted by Crippen LogP contribution is 2.36. The number of hydrogen-bond acceptors (Lipinski definition) is 3. The molecule has 1 aromatic carbocycles. The van der Waals surface area contributed by atoms with Gasteiger partial charge in [-0.15, -0.1) is 0 Å². The van der Waals surface area contributed by atoms with Gasteiger partial charge in [-0.3, -0.25) is 0 Å². The van der Waals surface area contributed by atoms with Gasteiger partial charge < -0.3 is 9.47 Å². The van der Waals surface area contributed by atoms with Crippen LogP contribution in [0.4, 0.5) is 22.0 Å². The van der Waals surface area contributed by atoms with Crippen LogP contribution in [0.1, 0.15) is 5.56 Å². The first kappa shape index (κ1) is 15.2. The molecule has 0 radical (unpaired) electrons. The first-order valence-corrected chi connectivity index (χ1v) is 4.93. The third-order valence-electron chi connectivity index (χ3n) is 2.12. The Labute approximate surface area is 104 Å². The van der Waals surface area contributed by atoms with Crippen molar-refractivity contribution in [1.82, 2.24) is 0 Å². The number of hydrogen-bond donors (Lipinski definition) is 0. The highest BCUT2D eigenvalue weighted by Gasteiger charge is 2.64. The SMILES string of the molecule is COc1cccc(COC(=O)C(F)(F)C(F)(F)F)c1. The number of benzene rings is 1. The van der Waals surface area contributed by atoms with Crippen molar-refractivity contribution in [2.24, 2.45) is 0 Å². The molecule has 0 spiro atoms. The standard InChI is InChI=1S/C11H9F5O3/c1-18-8-4-2-3-7(5-8)6-19-9(17)10(12,13)11(14,15)16/h2-5H,6H2,1H3. The van der Waals surface area contributed by atoms with Crippen LogP contribution in [0, 0.1) is 0 Å². The molecule has 3 nitrogen and oxygen atoms in total. The van der Waals surface area contributed by atoms with Crippen LogP contribution in [-0.2, 0) is 16.1 Å². The second-order valence-electron chi connectivity index (χ2n) is 3.50. The van der Waals surface area contributed by atoms with Crippen molar-refractivity contribution in [2.45, 2.75) is 18.7 Å². The summed E-state index contributed by atoms with van der Waals surface area (Å²) in [6.07, 6.45) is -5.97. The minimum atomic E-state index is -5.97. The summed E-state index contributed by atoms with van der Waals surface area (Å²) in [5.41, 5.74) is 0.227. The highest BCUT2D eigenvalue weighted by atomic mass is 19.4. The molecule has 0 heterocycles. The smallest absolute Gasteiger partial charge is 0.465 e. The zero-order valence-corrected chi connectivity index (χ0v) is 9.63. The van der Waals surface area contributed by atoms with Gasteiger partial charge in [0.15, 0.2) is 0 Å². The Morgan fingerprint density at radius 2 is 1.84 bits per heavy atom. The van der Waals surface area contributed by atoms with Crippen molar-refractivity contribution < 1.29 is 36.2 Å². The second kappa shape index (κ2) is 5.41. The molecule has 0 unspecified atom stereocenters. The Kier molecular flexibility index (Phi) is 4.33. The quantitative estimate of drug-likeness (QED) is 0.630. The van der Waals surface area contributed by atoms with Gasteiger partial charge in [0.05, 0.1) is 7.11 Å². The molecule has 0 atom stereocenters. The van der Waals surface area contributed by atoms with E-state index in [-0.39, 0.29) is 5.56 Å². The maximum Gasteiger partial charge on any atom is 0.465 e. The summed E-state index contributed by atoms with van der Waals surface area (Å²) in [6.45, 7) is -0.707. The summed E-state index contributed by atoms with van der Waals surface area (Å²) >= 11 is 0. The second-order valence-corrected chi connectivity index (χ2v) is 3.50. The fraction of sp³-hybridized carbons (Fsp3) is 0.364. The molecule has 0 aliphatic carbocycles. The van der Waals surface area contributed by atoms with Crippen LogP contribution in [0.2, 0.25) is 0 Å². The Balaban J connectivity index is 2.69. The van der Waals surface area contributed by atoms with Gasteiger partial charge in [0, 0.05) is 0 Å². The van der Waals surface area contributed by atoms with Crippen LogP contribution in [0.15, 0.2) is 24.3 Å². The average molecular weight is 284 g/mol. The predicted octanol–water partition coefficient (Wildman–Crippen LogP) is 2.94. The number of halogens is 5. The van der Waals surface area contributed by atoms with E-state index in [9.17, 15) is 26.7 Å². The van der Waals surface area contributed by atoms with E-state index in [0.29, 0.717) is 5.75 Å². The van der Waals surface area contributed by atoms with Crippen LogP contribution in [0.3, 0.4) is 0 Å². The minimum Gasteiger partial charge on any atom is -0.497 e. The fourth-order valence-corrected chi connectivity index (χ4v) is 1.12. The van der Waals surface area contributed by atoms with E-state index < -0.39 is 24.7 Å². The van der Waals surface area contributed by atoms with Crippen LogP contribution in [-0.4, -0.2) is 25.2 Å². The fourth-order valence-electron chi connectivity index (χ4n) is 1.12. The van der Waals surface area contributed by atoms with Gasteiger partial charge in [-0.1, -0.05) is 12.1 Å². The number of carbonyl (C=O) groups is 1. The van der Waals surface area contributed by atoms with Gasteiger partial charge in [-0.05, 0) is 17.7 Å². The molecular weight excluding hydrogens is 275 g/mol. The van der Waals surface area contributed by atoms with Gasteiger partial charge in [-0.25, -0.2) is 4.79 Å². The Morgan fingerprint density at radius 3 is 2.37 bits per heavy atom. The number of carbonyl (C=O) groups excluding carboxylic acids is 1. The molecule has 0 fully saturated rings. The third-order valence-corrected chi connectivity index (χ3v) is 2.12. The van der Waals surface area contributed by atoms with E-state index in [2.05, 4.69) is 4.74 Å². The van der Waals surface area contributed by atoms with Crippen molar-refractivity contribution in [3.05, 3.63) is 29.8 Å². The summed E-state index contributed by atoms with van der Waals surface area (Å²) in [5, 5.41) is 0. The lowest BCUT2D eigenvalue weighted by Gasteiger charge is -2.17. The summed E-state index contributed by atoms with van der Waals surface area (Å²) < 4.78 is 69.4. The van der Waals surface area contributed by atoms with E-state index in [1.807, 2.05) is 0 Å². The summed E-state index contributed by atoms with van der Waals surface area (Å²) in [5.74, 6) is -7.80. The largest absolute Gasteiger partial charge is 0.497 e. The normalized spacial score (nSPS) is 12.1. The Morgan fingerprint density at radius 1 is 1.21 bits per heavy atom. The first-order valence-electron chi connectivity index (χ1n) is 4.93. The van der Waals surface area contributed by atoms with Crippen LogP contribution < -0.4 is 4.74 Å². The van der Waals surface area contributed by atoms with E-state index in [4.69, 9.17) is 4.74 Å². The lowest BCUT2D eigenvalue weighted by Crippen LogP contribution is -2.45. The zero-order valence-electron chi connectivity index (χ0n) is 9.63. The number of rotatable bonds is 4. The molecule has 0 bridgehead atoms. The molecule has 19 heavy (non-hydrogen) atoms.